The van der Waals surface area contributed by atoms with Gasteiger partial charge in [0, 0.05) is 36.1 Å². The lowest BCUT2D eigenvalue weighted by atomic mass is 9.81. The Kier molecular flexibility index (Phi) is 8.71. The number of para-hydroxylation sites is 1. The van der Waals surface area contributed by atoms with Gasteiger partial charge in [0.2, 0.25) is 0 Å². The van der Waals surface area contributed by atoms with Crippen molar-refractivity contribution in [3.8, 4) is 11.5 Å². The molecule has 1 aromatic heterocycles. The highest BCUT2D eigenvalue weighted by Crippen LogP contribution is 2.37. The third kappa shape index (κ3) is 6.09. The number of halogens is 2. The molecule has 0 spiro atoms. The first kappa shape index (κ1) is 31.2. The van der Waals surface area contributed by atoms with Crippen molar-refractivity contribution >= 4 is 61.8 Å². The number of hydrogen-bond acceptors (Lipinski definition) is 7. The quantitative estimate of drug-likeness (QED) is 0.142. The minimum absolute atomic E-state index is 0.00718. The first-order valence-electron chi connectivity index (χ1n) is 14.7. The number of nitrogens with two attached hydrogens (primary N) is 2. The van der Waals surface area contributed by atoms with E-state index in [9.17, 15) is 18.0 Å². The van der Waals surface area contributed by atoms with Crippen molar-refractivity contribution in [2.45, 2.75) is 43.0 Å². The first-order valence-corrected chi connectivity index (χ1v) is 16.9. The third-order valence-electron chi connectivity index (χ3n) is 8.67. The predicted molar refractivity (Wildman–Crippen MR) is 174 cm³/mol. The highest BCUT2D eigenvalue weighted by atomic mass is 35.5. The van der Waals surface area contributed by atoms with Gasteiger partial charge in [-0.3, -0.25) is 9.69 Å². The molecule has 2 aliphatic rings. The summed E-state index contributed by atoms with van der Waals surface area (Å²) in [6.07, 6.45) is 5.32. The van der Waals surface area contributed by atoms with Crippen LogP contribution in [0, 0.1) is 11.8 Å². The molecule has 1 aliphatic carbocycles. The van der Waals surface area contributed by atoms with Gasteiger partial charge in [0.25, 0.3) is 15.9 Å². The van der Waals surface area contributed by atoms with Gasteiger partial charge in [0.05, 0.1) is 20.6 Å². The number of urea groups is 1. The lowest BCUT2D eigenvalue weighted by Crippen LogP contribution is -2.41. The molecule has 1 saturated carbocycles. The fraction of sp³-hybridized carbons (Fsp3) is 0.312. The van der Waals surface area contributed by atoms with Gasteiger partial charge in [0.15, 0.2) is 0 Å². The van der Waals surface area contributed by atoms with Crippen molar-refractivity contribution in [2.24, 2.45) is 17.6 Å². The van der Waals surface area contributed by atoms with E-state index in [1.807, 2.05) is 24.3 Å². The van der Waals surface area contributed by atoms with Gasteiger partial charge in [-0.2, -0.15) is 0 Å². The molecule has 10 nitrogen and oxygen atoms in total. The predicted octanol–water partition coefficient (Wildman–Crippen LogP) is 6.18. The van der Waals surface area contributed by atoms with E-state index in [1.165, 1.54) is 24.3 Å². The number of nitrogens with one attached hydrogen (secondary N) is 1. The maximum atomic E-state index is 14.2. The van der Waals surface area contributed by atoms with Gasteiger partial charge in [-0.1, -0.05) is 47.8 Å². The smallest absolute Gasteiger partial charge is 0.341 e. The van der Waals surface area contributed by atoms with Gasteiger partial charge in [-0.05, 0) is 79.6 Å². The molecule has 2 heterocycles. The van der Waals surface area contributed by atoms with Crippen LogP contribution in [0.1, 0.15) is 31.2 Å². The minimum atomic E-state index is -4.53. The molecule has 2 fully saturated rings. The molecule has 3 atom stereocenters. The maximum absolute atomic E-state index is 14.2. The zero-order chi connectivity index (χ0) is 31.9. The number of aromatic amines is 1. The Balaban J connectivity index is 1.33. The summed E-state index contributed by atoms with van der Waals surface area (Å²) >= 11 is 12.6. The van der Waals surface area contributed by atoms with Crippen molar-refractivity contribution in [3.05, 3.63) is 82.5 Å². The number of aromatic nitrogens is 1. The second kappa shape index (κ2) is 12.6. The molecule has 45 heavy (non-hydrogen) atoms. The lowest BCUT2D eigenvalue weighted by molar-refractivity contribution is -0.128. The Bertz CT molecular complexity index is 1880. The summed E-state index contributed by atoms with van der Waals surface area (Å²) in [6, 6.07) is 14.0. The molecule has 13 heteroatoms. The highest BCUT2D eigenvalue weighted by Gasteiger charge is 2.52. The Morgan fingerprint density at radius 2 is 1.76 bits per heavy atom. The van der Waals surface area contributed by atoms with Crippen LogP contribution in [0.2, 0.25) is 10.0 Å². The number of imide groups is 1. The number of amides is 3. The summed E-state index contributed by atoms with van der Waals surface area (Å²) in [5.74, 6) is 0.329. The molecule has 6 rings (SSSR count). The number of nitrogen functional groups attached to an aromatic ring is 1. The van der Waals surface area contributed by atoms with Crippen LogP contribution >= 0.6 is 23.2 Å². The Morgan fingerprint density at radius 3 is 2.51 bits per heavy atom. The molecule has 0 radical (unpaired) electrons. The second-order valence-electron chi connectivity index (χ2n) is 11.6. The van der Waals surface area contributed by atoms with Crippen molar-refractivity contribution in [1.82, 2.24) is 14.2 Å². The highest BCUT2D eigenvalue weighted by molar-refractivity contribution is 7.89. The first-order chi connectivity index (χ1) is 21.6. The van der Waals surface area contributed by atoms with E-state index in [0.717, 1.165) is 47.0 Å². The minimum Gasteiger partial charge on any atom is -0.456 e. The van der Waals surface area contributed by atoms with Crippen LogP contribution in [-0.2, 0) is 21.2 Å². The molecule has 1 aliphatic heterocycles. The molecule has 236 valence electrons. The van der Waals surface area contributed by atoms with Crippen molar-refractivity contribution in [1.29, 1.82) is 0 Å². The van der Waals surface area contributed by atoms with Gasteiger partial charge in [-0.15, -0.1) is 0 Å². The fourth-order valence-corrected chi connectivity index (χ4v) is 8.31. The normalized spacial score (nSPS) is 20.7. The zero-order valence-corrected chi connectivity index (χ0v) is 26.6. The molecular weight excluding hydrogens is 637 g/mol. The number of benzene rings is 3. The number of nitrogens with zero attached hydrogens (tertiary/aromatic N) is 2. The molecule has 0 bridgehead atoms. The summed E-state index contributed by atoms with van der Waals surface area (Å²) in [4.78, 5) is 31.9. The maximum Gasteiger partial charge on any atom is 0.341 e. The summed E-state index contributed by atoms with van der Waals surface area (Å²) in [6.45, 7) is 0.677. The van der Waals surface area contributed by atoms with Crippen LogP contribution in [-0.4, -0.2) is 53.7 Å². The molecule has 3 amide bonds. The third-order valence-corrected chi connectivity index (χ3v) is 11.1. The standard InChI is InChI=1S/C32H33Cl2N5O5S/c33-25-14-22(8-10-27(25)36)44-30-11-9-23(15-26(30)34)45(42,43)39-29(13-21-17-37-28-7-2-1-6-24(21)28)31(40)38(32(39)41)18-20-5-3-4-19(12-20)16-35/h1-2,6-11,14-15,17,19-20,29,37H,3-5,12-13,16,18,35-36H2. The second-order valence-corrected chi connectivity index (χ2v) is 14.3. The molecular formula is C32H33Cl2N5O5S. The van der Waals surface area contributed by atoms with E-state index in [4.69, 9.17) is 39.4 Å². The van der Waals surface area contributed by atoms with Crippen LogP contribution < -0.4 is 16.2 Å². The van der Waals surface area contributed by atoms with Gasteiger partial charge in [0.1, 0.15) is 17.5 Å². The van der Waals surface area contributed by atoms with Gasteiger partial charge < -0.3 is 21.2 Å². The Hall–Kier alpha value is -3.77. The number of carbonyl (C=O) groups is 2. The number of carbonyl (C=O) groups excluding carboxylic acids is 2. The topological polar surface area (TPSA) is 152 Å². The van der Waals surface area contributed by atoms with E-state index >= 15 is 0 Å². The largest absolute Gasteiger partial charge is 0.456 e. The van der Waals surface area contributed by atoms with Crippen LogP contribution in [0.3, 0.4) is 0 Å². The van der Waals surface area contributed by atoms with E-state index in [-0.39, 0.29) is 39.6 Å². The summed E-state index contributed by atoms with van der Waals surface area (Å²) < 4.78 is 34.9. The van der Waals surface area contributed by atoms with Crippen molar-refractivity contribution in [2.75, 3.05) is 18.8 Å². The molecule has 3 aromatic carbocycles. The van der Waals surface area contributed by atoms with Crippen molar-refractivity contribution < 1.29 is 22.7 Å². The van der Waals surface area contributed by atoms with Crippen molar-refractivity contribution in [3.63, 3.8) is 0 Å². The summed E-state index contributed by atoms with van der Waals surface area (Å²) in [7, 11) is -4.53. The zero-order valence-electron chi connectivity index (χ0n) is 24.3. The van der Waals surface area contributed by atoms with Crippen LogP contribution in [0.25, 0.3) is 10.9 Å². The van der Waals surface area contributed by atoms with E-state index in [2.05, 4.69) is 4.98 Å². The number of rotatable bonds is 9. The number of ether oxygens (including phenoxy) is 1. The lowest BCUT2D eigenvalue weighted by Gasteiger charge is -2.30. The Morgan fingerprint density at radius 1 is 0.978 bits per heavy atom. The number of sulfonamides is 1. The number of hydrogen-bond donors (Lipinski definition) is 3. The van der Waals surface area contributed by atoms with E-state index in [1.54, 1.807) is 18.3 Å². The van der Waals surface area contributed by atoms with E-state index in [0.29, 0.717) is 28.2 Å². The van der Waals surface area contributed by atoms with Crippen LogP contribution in [0.4, 0.5) is 10.5 Å². The molecule has 4 aromatic rings. The molecule has 1 saturated heterocycles. The SMILES string of the molecule is NCC1CCCC(CN2C(=O)C(Cc3c[nH]c4ccccc34)N(S(=O)(=O)c3ccc(Oc4ccc(N)c(Cl)c4)c(Cl)c3)C2=O)C1. The van der Waals surface area contributed by atoms with Gasteiger partial charge in [-0.25, -0.2) is 17.5 Å². The number of H-pyrrole nitrogens is 1. The average molecular weight is 671 g/mol. The average Bonchev–Trinajstić information content (AvgIpc) is 3.54. The number of fused-ring (bicyclic) bond motifs is 1. The molecule has 5 N–H and O–H groups in total. The summed E-state index contributed by atoms with van der Waals surface area (Å²) in [5.41, 5.74) is 13.6. The van der Waals surface area contributed by atoms with Gasteiger partial charge >= 0.3 is 6.03 Å². The van der Waals surface area contributed by atoms with Crippen LogP contribution in [0.15, 0.2) is 71.8 Å². The number of anilines is 1. The monoisotopic (exact) mass is 669 g/mol. The Labute approximate surface area is 271 Å². The van der Waals surface area contributed by atoms with E-state index < -0.39 is 28.0 Å². The van der Waals surface area contributed by atoms with Crippen LogP contribution in [0.5, 0.6) is 11.5 Å². The summed E-state index contributed by atoms with van der Waals surface area (Å²) in [5, 5.41) is 1.12. The fourth-order valence-electron chi connectivity index (χ4n) is 6.32. The molecule has 3 unspecified atom stereocenters.